The summed E-state index contributed by atoms with van der Waals surface area (Å²) in [5, 5.41) is 6.70. The average molecular weight is 334 g/mol. The monoisotopic (exact) mass is 334 g/mol. The summed E-state index contributed by atoms with van der Waals surface area (Å²) in [5.41, 5.74) is 27.1. The maximum atomic E-state index is 6.70. The normalized spacial score (nSPS) is 11.1. The van der Waals surface area contributed by atoms with Crippen LogP contribution in [0, 0.1) is 5.41 Å². The van der Waals surface area contributed by atoms with Gasteiger partial charge in [-0.25, -0.2) is 0 Å². The van der Waals surface area contributed by atoms with Crippen molar-refractivity contribution >= 4 is 23.8 Å². The average Bonchev–Trinajstić information content (AvgIpc) is 2.47. The molecular formula is C14H26N10. The number of hydrogen-bond acceptors (Lipinski definition) is 2. The van der Waals surface area contributed by atoms with Gasteiger partial charge in [0.25, 0.3) is 0 Å². The number of nitrogens with two attached hydrogens (primary N) is 5. The molecule has 0 atom stereocenters. The smallest absolute Gasteiger partial charge is 0.218 e. The van der Waals surface area contributed by atoms with Crippen LogP contribution in [0.15, 0.2) is 45.3 Å². The van der Waals surface area contributed by atoms with Crippen molar-refractivity contribution in [1.82, 2.24) is 4.90 Å². The van der Waals surface area contributed by atoms with Gasteiger partial charge >= 0.3 is 0 Å². The van der Waals surface area contributed by atoms with Crippen molar-refractivity contribution in [1.29, 1.82) is 5.41 Å². The number of hydrogen-bond donors (Lipinski definition) is 6. The lowest BCUT2D eigenvalue weighted by atomic mass is 10.2. The maximum Gasteiger partial charge on any atom is 0.218 e. The zero-order valence-electron chi connectivity index (χ0n) is 14.0. The van der Waals surface area contributed by atoms with Crippen LogP contribution in [0.1, 0.15) is 5.56 Å². The Labute approximate surface area is 141 Å². The lowest BCUT2D eigenvalue weighted by molar-refractivity contribution is 0.615. The van der Waals surface area contributed by atoms with E-state index in [1.54, 1.807) is 19.0 Å². The molecule has 0 aliphatic rings. The first-order chi connectivity index (χ1) is 11.2. The van der Waals surface area contributed by atoms with Gasteiger partial charge in [-0.3, -0.25) is 10.4 Å². The lowest BCUT2D eigenvalue weighted by Crippen LogP contribution is -2.32. The minimum atomic E-state index is -0.277. The highest BCUT2D eigenvalue weighted by molar-refractivity contribution is 5.92. The number of rotatable bonds is 3. The summed E-state index contributed by atoms with van der Waals surface area (Å²) in [6, 6.07) is 10.0. The van der Waals surface area contributed by atoms with Gasteiger partial charge in [-0.05, 0) is 12.0 Å². The van der Waals surface area contributed by atoms with E-state index >= 15 is 0 Å². The van der Waals surface area contributed by atoms with Gasteiger partial charge in [0.1, 0.15) is 0 Å². The van der Waals surface area contributed by atoms with Crippen LogP contribution in [0.25, 0.3) is 0 Å². The highest BCUT2D eigenvalue weighted by Crippen LogP contribution is 1.99. The Morgan fingerprint density at radius 1 is 1.00 bits per heavy atom. The quantitative estimate of drug-likeness (QED) is 0.289. The third kappa shape index (κ3) is 11.4. The van der Waals surface area contributed by atoms with Crippen molar-refractivity contribution in [2.45, 2.75) is 6.42 Å². The second kappa shape index (κ2) is 11.3. The van der Waals surface area contributed by atoms with E-state index in [2.05, 4.69) is 15.0 Å². The molecule has 24 heavy (non-hydrogen) atoms. The molecule has 0 aliphatic heterocycles. The van der Waals surface area contributed by atoms with Gasteiger partial charge < -0.3 is 33.6 Å². The molecule has 0 fully saturated rings. The highest BCUT2D eigenvalue weighted by atomic mass is 15.2. The molecule has 0 unspecified atom stereocenters. The summed E-state index contributed by atoms with van der Waals surface area (Å²) in [7, 11) is 3.45. The first-order valence-electron chi connectivity index (χ1n) is 7.01. The molecule has 0 saturated heterocycles. The maximum absolute atomic E-state index is 6.70. The zero-order valence-corrected chi connectivity index (χ0v) is 14.0. The third-order valence-corrected chi connectivity index (χ3v) is 2.45. The Bertz CT molecular complexity index is 585. The fraction of sp³-hybridized carbons (Fsp3) is 0.286. The molecule has 1 aromatic rings. The van der Waals surface area contributed by atoms with Gasteiger partial charge in [0.2, 0.25) is 11.9 Å². The van der Waals surface area contributed by atoms with Gasteiger partial charge in [-0.1, -0.05) is 30.3 Å². The largest absolute Gasteiger partial charge is 0.370 e. The Morgan fingerprint density at radius 3 is 2.00 bits per heavy atom. The van der Waals surface area contributed by atoms with E-state index in [0.717, 1.165) is 6.42 Å². The minimum absolute atomic E-state index is 0.0732. The summed E-state index contributed by atoms with van der Waals surface area (Å²) in [4.78, 5) is 12.6. The van der Waals surface area contributed by atoms with Gasteiger partial charge in [0, 0.05) is 20.6 Å². The second-order valence-electron chi connectivity index (χ2n) is 4.76. The molecule has 0 bridgehead atoms. The number of benzene rings is 1. The van der Waals surface area contributed by atoms with E-state index < -0.39 is 0 Å². The van der Waals surface area contributed by atoms with Crippen molar-refractivity contribution in [2.75, 3.05) is 20.6 Å². The lowest BCUT2D eigenvalue weighted by Gasteiger charge is -2.08. The van der Waals surface area contributed by atoms with Crippen molar-refractivity contribution in [2.24, 2.45) is 43.6 Å². The van der Waals surface area contributed by atoms with Crippen LogP contribution in [0.5, 0.6) is 0 Å². The summed E-state index contributed by atoms with van der Waals surface area (Å²) in [6.07, 6.45) is 0.821. The van der Waals surface area contributed by atoms with Crippen LogP contribution >= 0.6 is 0 Å². The van der Waals surface area contributed by atoms with Gasteiger partial charge in [0.05, 0.1) is 0 Å². The van der Waals surface area contributed by atoms with Crippen molar-refractivity contribution < 1.29 is 0 Å². The predicted molar refractivity (Wildman–Crippen MR) is 99.7 cm³/mol. The number of aliphatic imine (C=N–C) groups is 3. The van der Waals surface area contributed by atoms with Crippen LogP contribution in [0.4, 0.5) is 0 Å². The van der Waals surface area contributed by atoms with Crippen molar-refractivity contribution in [3.63, 3.8) is 0 Å². The van der Waals surface area contributed by atoms with E-state index in [1.807, 2.05) is 30.3 Å². The third-order valence-electron chi connectivity index (χ3n) is 2.45. The number of nitrogens with zero attached hydrogens (tertiary/aromatic N) is 4. The van der Waals surface area contributed by atoms with Gasteiger partial charge in [-0.15, -0.1) is 0 Å². The minimum Gasteiger partial charge on any atom is -0.370 e. The van der Waals surface area contributed by atoms with Gasteiger partial charge in [0.15, 0.2) is 11.9 Å². The molecule has 10 nitrogen and oxygen atoms in total. The van der Waals surface area contributed by atoms with Crippen LogP contribution < -0.4 is 28.7 Å². The van der Waals surface area contributed by atoms with E-state index in [0.29, 0.717) is 6.54 Å². The Kier molecular flexibility index (Phi) is 9.74. The number of nitrogens with one attached hydrogen (secondary N) is 1. The van der Waals surface area contributed by atoms with E-state index in [1.165, 1.54) is 5.56 Å². The summed E-state index contributed by atoms with van der Waals surface area (Å²) < 4.78 is 0. The Balaban J connectivity index is 0.000000506. The van der Waals surface area contributed by atoms with E-state index in [-0.39, 0.29) is 23.8 Å². The van der Waals surface area contributed by atoms with Crippen LogP contribution in [-0.2, 0) is 6.42 Å². The Hall–Kier alpha value is -3.30. The van der Waals surface area contributed by atoms with Crippen molar-refractivity contribution in [3.8, 4) is 0 Å². The molecule has 1 rings (SSSR count). The fourth-order valence-electron chi connectivity index (χ4n) is 1.34. The van der Waals surface area contributed by atoms with E-state index in [9.17, 15) is 0 Å². The molecule has 1 aromatic carbocycles. The SMILES string of the molecule is CN(C)C(N)=NC(=N)N.NC(N)=NC(N)=NCCc1ccccc1. The first kappa shape index (κ1) is 20.7. The van der Waals surface area contributed by atoms with E-state index in [4.69, 9.17) is 34.1 Å². The molecule has 0 spiro atoms. The zero-order chi connectivity index (χ0) is 18.5. The molecule has 132 valence electrons. The molecule has 0 amide bonds. The molecule has 0 aliphatic carbocycles. The molecule has 0 saturated carbocycles. The van der Waals surface area contributed by atoms with Crippen molar-refractivity contribution in [3.05, 3.63) is 35.9 Å². The second-order valence-corrected chi connectivity index (χ2v) is 4.76. The topological polar surface area (TPSA) is 194 Å². The Morgan fingerprint density at radius 2 is 1.58 bits per heavy atom. The van der Waals surface area contributed by atoms with Crippen LogP contribution in [-0.4, -0.2) is 49.4 Å². The fourth-order valence-corrected chi connectivity index (χ4v) is 1.34. The molecular weight excluding hydrogens is 308 g/mol. The standard InChI is InChI=1S/C10H15N5.C4H11N5/c11-9(12)15-10(13)14-7-6-8-4-2-1-3-5-8;1-9(2)4(7)8-3(5)6/h1-5H,6-7H2,(H6,11,12,13,14,15);1-2H3,(H5,5,6,7,8). The summed E-state index contributed by atoms with van der Waals surface area (Å²) in [6.45, 7) is 0.576. The van der Waals surface area contributed by atoms with Crippen LogP contribution in [0.3, 0.4) is 0 Å². The molecule has 0 heterocycles. The van der Waals surface area contributed by atoms with Crippen LogP contribution in [0.2, 0.25) is 0 Å². The summed E-state index contributed by atoms with van der Waals surface area (Å²) in [5.74, 6) is 0.00518. The molecule has 0 aromatic heterocycles. The summed E-state index contributed by atoms with van der Waals surface area (Å²) >= 11 is 0. The first-order valence-corrected chi connectivity index (χ1v) is 7.01. The van der Waals surface area contributed by atoms with Gasteiger partial charge in [-0.2, -0.15) is 9.98 Å². The highest BCUT2D eigenvalue weighted by Gasteiger charge is 1.92. The molecule has 11 N–H and O–H groups in total. The predicted octanol–water partition coefficient (Wildman–Crippen LogP) is -1.43. The molecule has 0 radical (unpaired) electrons. The number of guanidine groups is 4. The molecule has 10 heteroatoms.